The van der Waals surface area contributed by atoms with Gasteiger partial charge in [-0.05, 0) is 19.1 Å². The predicted octanol–water partition coefficient (Wildman–Crippen LogP) is 2.91. The van der Waals surface area contributed by atoms with Gasteiger partial charge in [0.1, 0.15) is 11.6 Å². The van der Waals surface area contributed by atoms with E-state index in [1.165, 1.54) is 19.2 Å². The Kier molecular flexibility index (Phi) is 8.02. The number of hydrogen-bond acceptors (Lipinski definition) is 8. The van der Waals surface area contributed by atoms with Crippen LogP contribution in [-0.2, 0) is 0 Å². The number of hydrogen-bond donors (Lipinski definition) is 2. The highest BCUT2D eigenvalue weighted by Gasteiger charge is 2.17. The Bertz CT molecular complexity index is 1140. The third-order valence-electron chi connectivity index (χ3n) is 5.56. The van der Waals surface area contributed by atoms with Crippen LogP contribution in [0.4, 0.5) is 26.2 Å². The van der Waals surface area contributed by atoms with Crippen LogP contribution in [0.25, 0.3) is 11.9 Å². The van der Waals surface area contributed by atoms with Gasteiger partial charge >= 0.3 is 0 Å². The van der Waals surface area contributed by atoms with Gasteiger partial charge in [-0.3, -0.25) is 10.1 Å². The number of halogens is 3. The van der Waals surface area contributed by atoms with E-state index in [4.69, 9.17) is 5.73 Å². The number of piperazine rings is 1. The van der Waals surface area contributed by atoms with Crippen LogP contribution >= 0.6 is 12.4 Å². The van der Waals surface area contributed by atoms with Crippen molar-refractivity contribution in [1.29, 1.82) is 0 Å². The van der Waals surface area contributed by atoms with E-state index in [1.54, 1.807) is 16.9 Å². The van der Waals surface area contributed by atoms with Crippen molar-refractivity contribution in [3.8, 4) is 5.82 Å². The van der Waals surface area contributed by atoms with Gasteiger partial charge in [0.2, 0.25) is 5.95 Å². The molecule has 0 aliphatic carbocycles. The van der Waals surface area contributed by atoms with E-state index in [0.29, 0.717) is 24.6 Å². The van der Waals surface area contributed by atoms with E-state index in [-0.39, 0.29) is 24.2 Å². The molecule has 0 saturated carbocycles. The molecule has 0 radical (unpaired) electrons. The summed E-state index contributed by atoms with van der Waals surface area (Å²) in [5, 5.41) is 14.9. The molecule has 2 aromatic heterocycles. The van der Waals surface area contributed by atoms with Gasteiger partial charge in [-0.2, -0.15) is 15.1 Å². The zero-order valence-corrected chi connectivity index (χ0v) is 19.7. The van der Waals surface area contributed by atoms with Crippen molar-refractivity contribution >= 4 is 35.9 Å². The van der Waals surface area contributed by atoms with Crippen LogP contribution in [0.1, 0.15) is 11.3 Å². The Morgan fingerprint density at radius 2 is 1.76 bits per heavy atom. The van der Waals surface area contributed by atoms with Crippen LogP contribution in [0.2, 0.25) is 0 Å². The van der Waals surface area contributed by atoms with Crippen molar-refractivity contribution in [2.24, 2.45) is 0 Å². The first-order valence-electron chi connectivity index (χ1n) is 10.5. The molecule has 1 aliphatic heterocycles. The largest absolute Gasteiger partial charge is 0.369 e. The maximum absolute atomic E-state index is 13.5. The van der Waals surface area contributed by atoms with Crippen LogP contribution in [0.15, 0.2) is 36.5 Å². The van der Waals surface area contributed by atoms with E-state index in [1.807, 2.05) is 17.9 Å². The highest BCUT2D eigenvalue weighted by atomic mass is 35.5. The Morgan fingerprint density at radius 3 is 2.41 bits per heavy atom. The number of hydroxylamine groups is 1. The minimum Gasteiger partial charge on any atom is -0.369 e. The number of benzene rings is 1. The molecular formula is C22H27ClF2N8O. The minimum atomic E-state index is -0.560. The van der Waals surface area contributed by atoms with Gasteiger partial charge in [0, 0.05) is 63.2 Å². The fourth-order valence-corrected chi connectivity index (χ4v) is 3.77. The Balaban J connectivity index is 0.00000324. The second-order valence-electron chi connectivity index (χ2n) is 7.88. The average molecular weight is 493 g/mol. The lowest BCUT2D eigenvalue weighted by molar-refractivity contribution is 0.276. The number of nitrogens with zero attached hydrogens (tertiary/aromatic N) is 7. The highest BCUT2D eigenvalue weighted by molar-refractivity contribution is 5.85. The van der Waals surface area contributed by atoms with E-state index < -0.39 is 11.6 Å². The van der Waals surface area contributed by atoms with E-state index in [0.717, 1.165) is 42.0 Å². The first-order valence-corrected chi connectivity index (χ1v) is 10.5. The Hall–Kier alpha value is -3.28. The molecular weight excluding hydrogens is 466 g/mol. The SMILES string of the molecule is Cc1c(/C=C/CN2CCN(c3cc(F)cc(F)c3)CC2)cnn1-c1cc(N(C)O)nc(N)n1.Cl. The summed E-state index contributed by atoms with van der Waals surface area (Å²) in [6, 6.07) is 5.21. The molecule has 12 heteroatoms. The van der Waals surface area contributed by atoms with Crippen LogP contribution in [0.5, 0.6) is 0 Å². The van der Waals surface area contributed by atoms with Crippen LogP contribution < -0.4 is 15.7 Å². The summed E-state index contributed by atoms with van der Waals surface area (Å²) in [6.07, 6.45) is 5.80. The lowest BCUT2D eigenvalue weighted by atomic mass is 10.2. The number of anilines is 3. The van der Waals surface area contributed by atoms with Crippen molar-refractivity contribution < 1.29 is 14.0 Å². The fourth-order valence-electron chi connectivity index (χ4n) is 3.77. The molecule has 1 aliphatic rings. The summed E-state index contributed by atoms with van der Waals surface area (Å²) in [5.74, 6) is -0.355. The number of aromatic nitrogens is 4. The molecule has 9 nitrogen and oxygen atoms in total. The molecule has 3 N–H and O–H groups in total. The zero-order chi connectivity index (χ0) is 23.5. The van der Waals surface area contributed by atoms with Crippen molar-refractivity contribution in [1.82, 2.24) is 24.6 Å². The van der Waals surface area contributed by atoms with Crippen molar-refractivity contribution in [2.75, 3.05) is 55.5 Å². The molecule has 0 spiro atoms. The van der Waals surface area contributed by atoms with Crippen LogP contribution in [-0.4, -0.2) is 69.6 Å². The molecule has 1 fully saturated rings. The molecule has 34 heavy (non-hydrogen) atoms. The normalized spacial score (nSPS) is 14.4. The maximum atomic E-state index is 13.5. The first kappa shape index (κ1) is 25.3. The van der Waals surface area contributed by atoms with Gasteiger partial charge in [-0.15, -0.1) is 12.4 Å². The zero-order valence-electron chi connectivity index (χ0n) is 18.9. The number of nitrogen functional groups attached to an aromatic ring is 1. The summed E-state index contributed by atoms with van der Waals surface area (Å²) in [7, 11) is 1.45. The van der Waals surface area contributed by atoms with E-state index >= 15 is 0 Å². The summed E-state index contributed by atoms with van der Waals surface area (Å²) in [4.78, 5) is 12.4. The molecule has 1 aromatic carbocycles. The van der Waals surface area contributed by atoms with Crippen molar-refractivity contribution in [3.05, 3.63) is 59.4 Å². The molecule has 0 bridgehead atoms. The fraction of sp³-hybridized carbons (Fsp3) is 0.318. The van der Waals surface area contributed by atoms with E-state index in [2.05, 4.69) is 26.0 Å². The quantitative estimate of drug-likeness (QED) is 0.507. The second-order valence-corrected chi connectivity index (χ2v) is 7.88. The third kappa shape index (κ3) is 5.79. The molecule has 0 amide bonds. The summed E-state index contributed by atoms with van der Waals surface area (Å²) in [5.41, 5.74) is 8.13. The molecule has 0 atom stereocenters. The monoisotopic (exact) mass is 492 g/mol. The van der Waals surface area contributed by atoms with Gasteiger partial charge in [0.15, 0.2) is 11.6 Å². The van der Waals surface area contributed by atoms with Crippen LogP contribution in [0, 0.1) is 18.6 Å². The van der Waals surface area contributed by atoms with Gasteiger partial charge in [-0.25, -0.2) is 18.5 Å². The topological polar surface area (TPSA) is 99.6 Å². The Labute approximate surface area is 202 Å². The highest BCUT2D eigenvalue weighted by Crippen LogP contribution is 2.20. The van der Waals surface area contributed by atoms with Crippen molar-refractivity contribution in [2.45, 2.75) is 6.92 Å². The smallest absolute Gasteiger partial charge is 0.224 e. The molecule has 4 rings (SSSR count). The number of rotatable bonds is 6. The van der Waals surface area contributed by atoms with E-state index in [9.17, 15) is 14.0 Å². The van der Waals surface area contributed by atoms with Gasteiger partial charge in [0.25, 0.3) is 0 Å². The average Bonchev–Trinajstić information content (AvgIpc) is 3.13. The van der Waals surface area contributed by atoms with Crippen molar-refractivity contribution in [3.63, 3.8) is 0 Å². The van der Waals surface area contributed by atoms with Gasteiger partial charge in [-0.1, -0.05) is 12.2 Å². The molecule has 182 valence electrons. The lowest BCUT2D eigenvalue weighted by Gasteiger charge is -2.35. The molecule has 3 heterocycles. The molecule has 1 saturated heterocycles. The summed E-state index contributed by atoms with van der Waals surface area (Å²) < 4.78 is 28.6. The number of nitrogens with two attached hydrogens (primary N) is 1. The Morgan fingerprint density at radius 1 is 1.09 bits per heavy atom. The second kappa shape index (κ2) is 10.8. The third-order valence-corrected chi connectivity index (χ3v) is 5.56. The molecule has 0 unspecified atom stereocenters. The summed E-state index contributed by atoms with van der Waals surface area (Å²) in [6.45, 7) is 5.64. The van der Waals surface area contributed by atoms with Crippen LogP contribution in [0.3, 0.4) is 0 Å². The summed E-state index contributed by atoms with van der Waals surface area (Å²) >= 11 is 0. The maximum Gasteiger partial charge on any atom is 0.224 e. The standard InChI is InChI=1S/C22H26F2N8O.ClH/c1-15-16(14-26-32(15)21-13-20(29(2)33)27-22(25)28-21)4-3-5-30-6-8-31(9-7-30)19-11-17(23)10-18(24)12-19;/h3-4,10-14,33H,5-9H2,1-2H3,(H2,25,27,28);1H/b4-3+;. The first-order chi connectivity index (χ1) is 15.8. The lowest BCUT2D eigenvalue weighted by Crippen LogP contribution is -2.46. The molecule has 3 aromatic rings. The minimum absolute atomic E-state index is 0. The van der Waals surface area contributed by atoms with Gasteiger partial charge < -0.3 is 10.6 Å². The predicted molar refractivity (Wildman–Crippen MR) is 130 cm³/mol. The van der Waals surface area contributed by atoms with Gasteiger partial charge in [0.05, 0.1) is 11.9 Å².